The number of benzene rings is 1. The number of carbonyl (C=O) groups excluding carboxylic acids is 1. The van der Waals surface area contributed by atoms with Gasteiger partial charge in [0.25, 0.3) is 0 Å². The summed E-state index contributed by atoms with van der Waals surface area (Å²) in [6.45, 7) is 1.55. The number of likely N-dealkylation sites (tertiary alicyclic amines) is 1. The fourth-order valence-electron chi connectivity index (χ4n) is 3.55. The number of amides is 1. The zero-order chi connectivity index (χ0) is 17.2. The average molecular weight is 335 g/mol. The molecule has 1 atom stereocenters. The topological polar surface area (TPSA) is 76.5 Å². The van der Waals surface area contributed by atoms with Crippen molar-refractivity contribution in [3.05, 3.63) is 54.5 Å². The summed E-state index contributed by atoms with van der Waals surface area (Å²) in [5, 5.41) is 4.45. The Hall–Kier alpha value is -2.73. The normalized spacial score (nSPS) is 18.5. The lowest BCUT2D eigenvalue weighted by atomic mass is 10.0. The van der Waals surface area contributed by atoms with Crippen molar-refractivity contribution < 1.29 is 4.79 Å². The maximum absolute atomic E-state index is 11.7. The monoisotopic (exact) mass is 335 g/mol. The maximum atomic E-state index is 11.7. The smallest absolute Gasteiger partial charge is 0.234 e. The first-order valence-electron chi connectivity index (χ1n) is 8.63. The van der Waals surface area contributed by atoms with Crippen LogP contribution >= 0.6 is 0 Å². The number of hydrogen-bond acceptors (Lipinski definition) is 4. The molecule has 6 heteroatoms. The van der Waals surface area contributed by atoms with Crippen LogP contribution in [0.2, 0.25) is 0 Å². The molecule has 0 aliphatic carbocycles. The van der Waals surface area contributed by atoms with E-state index in [1.54, 1.807) is 4.52 Å². The Morgan fingerprint density at radius 2 is 2.04 bits per heavy atom. The van der Waals surface area contributed by atoms with Gasteiger partial charge in [0.1, 0.15) is 0 Å². The van der Waals surface area contributed by atoms with Gasteiger partial charge in [-0.3, -0.25) is 9.69 Å². The first-order valence-corrected chi connectivity index (χ1v) is 8.63. The molecule has 128 valence electrons. The third-order valence-corrected chi connectivity index (χ3v) is 4.82. The minimum atomic E-state index is -0.237. The van der Waals surface area contributed by atoms with E-state index in [0.29, 0.717) is 6.54 Å². The van der Waals surface area contributed by atoms with Crippen molar-refractivity contribution in [2.45, 2.75) is 31.8 Å². The minimum absolute atomic E-state index is 0.179. The van der Waals surface area contributed by atoms with E-state index in [1.807, 2.05) is 36.8 Å². The van der Waals surface area contributed by atoms with Crippen molar-refractivity contribution in [3.63, 3.8) is 0 Å². The summed E-state index contributed by atoms with van der Waals surface area (Å²) in [4.78, 5) is 18.4. The van der Waals surface area contributed by atoms with Crippen molar-refractivity contribution >= 4 is 11.6 Å². The lowest BCUT2D eigenvalue weighted by Gasteiger charge is -2.33. The maximum Gasteiger partial charge on any atom is 0.234 e. The summed E-state index contributed by atoms with van der Waals surface area (Å²) in [6, 6.07) is 9.94. The van der Waals surface area contributed by atoms with Crippen molar-refractivity contribution in [3.8, 4) is 11.1 Å². The van der Waals surface area contributed by atoms with Gasteiger partial charge in [0.15, 0.2) is 5.65 Å². The number of nitrogens with two attached hydrogens (primary N) is 1. The van der Waals surface area contributed by atoms with Crippen LogP contribution in [0.25, 0.3) is 16.8 Å². The lowest BCUT2D eigenvalue weighted by molar-refractivity contribution is -0.124. The molecule has 2 N–H and O–H groups in total. The van der Waals surface area contributed by atoms with E-state index in [2.05, 4.69) is 27.1 Å². The van der Waals surface area contributed by atoms with Gasteiger partial charge in [-0.05, 0) is 24.9 Å². The molecule has 0 radical (unpaired) electrons. The van der Waals surface area contributed by atoms with Crippen molar-refractivity contribution in [2.75, 3.05) is 6.54 Å². The Kier molecular flexibility index (Phi) is 4.19. The Morgan fingerprint density at radius 1 is 1.20 bits per heavy atom. The molecule has 0 bridgehead atoms. The quantitative estimate of drug-likeness (QED) is 0.793. The number of aromatic nitrogens is 3. The predicted molar refractivity (Wildman–Crippen MR) is 95.7 cm³/mol. The summed E-state index contributed by atoms with van der Waals surface area (Å²) in [6.07, 6.45) is 8.69. The largest absolute Gasteiger partial charge is 0.368 e. The van der Waals surface area contributed by atoms with E-state index in [4.69, 9.17) is 5.73 Å². The highest BCUT2D eigenvalue weighted by atomic mass is 16.1. The van der Waals surface area contributed by atoms with E-state index >= 15 is 0 Å². The van der Waals surface area contributed by atoms with Gasteiger partial charge < -0.3 is 5.73 Å². The lowest BCUT2D eigenvalue weighted by Crippen LogP contribution is -2.47. The summed E-state index contributed by atoms with van der Waals surface area (Å²) < 4.78 is 1.81. The molecule has 1 aliphatic heterocycles. The van der Waals surface area contributed by atoms with E-state index in [-0.39, 0.29) is 11.9 Å². The zero-order valence-corrected chi connectivity index (χ0v) is 14.0. The number of nitrogens with zero attached hydrogens (tertiary/aromatic N) is 4. The molecular formula is C19H21N5O. The van der Waals surface area contributed by atoms with Crippen LogP contribution in [-0.4, -0.2) is 38.0 Å². The second kappa shape index (κ2) is 6.64. The molecule has 3 heterocycles. The molecule has 25 heavy (non-hydrogen) atoms. The molecule has 1 fully saturated rings. The Labute approximate surface area is 146 Å². The van der Waals surface area contributed by atoms with Gasteiger partial charge >= 0.3 is 0 Å². The minimum Gasteiger partial charge on any atom is -0.368 e. The predicted octanol–water partition coefficient (Wildman–Crippen LogP) is 2.24. The molecule has 0 saturated carbocycles. The summed E-state index contributed by atoms with van der Waals surface area (Å²) >= 11 is 0. The molecule has 2 aromatic heterocycles. The first-order chi connectivity index (χ1) is 12.2. The van der Waals surface area contributed by atoms with Crippen LogP contribution in [0.5, 0.6) is 0 Å². The van der Waals surface area contributed by atoms with E-state index < -0.39 is 0 Å². The summed E-state index contributed by atoms with van der Waals surface area (Å²) in [5.41, 5.74) is 9.53. The fourth-order valence-corrected chi connectivity index (χ4v) is 3.55. The summed E-state index contributed by atoms with van der Waals surface area (Å²) in [7, 11) is 0. The Balaban J connectivity index is 1.61. The number of primary amides is 1. The molecule has 1 aliphatic rings. The van der Waals surface area contributed by atoms with Gasteiger partial charge in [-0.1, -0.05) is 36.8 Å². The van der Waals surface area contributed by atoms with Crippen LogP contribution in [0.4, 0.5) is 0 Å². The van der Waals surface area contributed by atoms with Gasteiger partial charge in [0.2, 0.25) is 5.91 Å². The van der Waals surface area contributed by atoms with Crippen molar-refractivity contribution in [1.82, 2.24) is 19.5 Å². The first kappa shape index (κ1) is 15.8. The van der Waals surface area contributed by atoms with E-state index in [1.165, 1.54) is 0 Å². The number of fused-ring (bicyclic) bond motifs is 1. The molecule has 4 rings (SSSR count). The highest BCUT2D eigenvalue weighted by Crippen LogP contribution is 2.24. The third kappa shape index (κ3) is 3.13. The standard InChI is InChI=1S/C19H21N5O/c20-18(25)17-8-4-5-9-23(17)12-14-10-21-19-16(11-22-24(19)13-14)15-6-2-1-3-7-15/h1-3,6-7,10-11,13,17H,4-5,8-9,12H2,(H2,20,25). The SMILES string of the molecule is NC(=O)C1CCCCN1Cc1cnc2c(-c3ccccc3)cnn2c1. The fraction of sp³-hybridized carbons (Fsp3) is 0.316. The molecular weight excluding hydrogens is 314 g/mol. The average Bonchev–Trinajstić information content (AvgIpc) is 3.06. The third-order valence-electron chi connectivity index (χ3n) is 4.82. The van der Waals surface area contributed by atoms with Gasteiger partial charge in [-0.25, -0.2) is 9.50 Å². The Bertz CT molecular complexity index is 889. The van der Waals surface area contributed by atoms with Gasteiger partial charge in [0, 0.05) is 30.1 Å². The second-order valence-corrected chi connectivity index (χ2v) is 6.54. The Morgan fingerprint density at radius 3 is 2.84 bits per heavy atom. The van der Waals surface area contributed by atoms with Crippen LogP contribution < -0.4 is 5.73 Å². The molecule has 1 unspecified atom stereocenters. The van der Waals surface area contributed by atoms with Gasteiger partial charge in [-0.15, -0.1) is 0 Å². The van der Waals surface area contributed by atoms with Crippen LogP contribution in [0.3, 0.4) is 0 Å². The van der Waals surface area contributed by atoms with Gasteiger partial charge in [-0.2, -0.15) is 5.10 Å². The second-order valence-electron chi connectivity index (χ2n) is 6.54. The van der Waals surface area contributed by atoms with Crippen LogP contribution in [-0.2, 0) is 11.3 Å². The van der Waals surface area contributed by atoms with Crippen molar-refractivity contribution in [2.24, 2.45) is 5.73 Å². The number of carbonyl (C=O) groups is 1. The molecule has 6 nitrogen and oxygen atoms in total. The van der Waals surface area contributed by atoms with E-state index in [0.717, 1.165) is 48.1 Å². The highest BCUT2D eigenvalue weighted by Gasteiger charge is 2.27. The number of piperidine rings is 1. The van der Waals surface area contributed by atoms with E-state index in [9.17, 15) is 4.79 Å². The molecule has 3 aromatic rings. The van der Waals surface area contributed by atoms with Crippen LogP contribution in [0.15, 0.2) is 48.9 Å². The molecule has 1 amide bonds. The number of hydrogen-bond donors (Lipinski definition) is 1. The zero-order valence-electron chi connectivity index (χ0n) is 14.0. The van der Waals surface area contributed by atoms with Crippen molar-refractivity contribution in [1.29, 1.82) is 0 Å². The van der Waals surface area contributed by atoms with Gasteiger partial charge in [0.05, 0.1) is 12.2 Å². The summed E-state index contributed by atoms with van der Waals surface area (Å²) in [5.74, 6) is -0.237. The highest BCUT2D eigenvalue weighted by molar-refractivity contribution is 5.80. The molecule has 0 spiro atoms. The van der Waals surface area contributed by atoms with Crippen LogP contribution in [0.1, 0.15) is 24.8 Å². The van der Waals surface area contributed by atoms with Crippen LogP contribution in [0, 0.1) is 0 Å². The molecule has 1 aromatic carbocycles. The number of rotatable bonds is 4. The molecule has 1 saturated heterocycles.